The molecule has 0 saturated heterocycles. The number of phenols is 1. The van der Waals surface area contributed by atoms with Crippen molar-refractivity contribution >= 4 is 23.5 Å². The summed E-state index contributed by atoms with van der Waals surface area (Å²) in [5.41, 5.74) is 8.15. The van der Waals surface area contributed by atoms with Gasteiger partial charge in [0.25, 0.3) is 0 Å². The van der Waals surface area contributed by atoms with Crippen molar-refractivity contribution in [1.82, 2.24) is 14.8 Å². The van der Waals surface area contributed by atoms with E-state index in [1.165, 1.54) is 0 Å². The molecule has 1 aliphatic heterocycles. The molecule has 3 aromatic rings. The van der Waals surface area contributed by atoms with Gasteiger partial charge >= 0.3 is 0 Å². The predicted molar refractivity (Wildman–Crippen MR) is 102 cm³/mol. The molecule has 27 heavy (non-hydrogen) atoms. The Morgan fingerprint density at radius 2 is 2.00 bits per heavy atom. The molecule has 0 spiro atoms. The number of nitrogens with two attached hydrogens (primary N) is 1. The minimum atomic E-state index is -0.556. The predicted octanol–water partition coefficient (Wildman–Crippen LogP) is 3.08. The van der Waals surface area contributed by atoms with Crippen LogP contribution in [0.5, 0.6) is 5.75 Å². The largest absolute Gasteiger partial charge is 0.508 e. The van der Waals surface area contributed by atoms with Crippen molar-refractivity contribution in [2.24, 2.45) is 5.73 Å². The highest BCUT2D eigenvalue weighted by Gasteiger charge is 2.33. The summed E-state index contributed by atoms with van der Waals surface area (Å²) in [7, 11) is 0. The molecule has 0 aliphatic carbocycles. The first-order valence-electron chi connectivity index (χ1n) is 8.23. The van der Waals surface area contributed by atoms with E-state index in [1.54, 1.807) is 48.0 Å². The Balaban J connectivity index is 1.88. The van der Waals surface area contributed by atoms with Gasteiger partial charge in [0.2, 0.25) is 11.9 Å². The van der Waals surface area contributed by atoms with Crippen molar-refractivity contribution < 1.29 is 9.90 Å². The van der Waals surface area contributed by atoms with Crippen LogP contribution in [0.2, 0.25) is 5.02 Å². The van der Waals surface area contributed by atoms with E-state index in [9.17, 15) is 9.90 Å². The fraction of sp³-hybridized carbons (Fsp3) is 0.105. The number of aromatic hydroxyl groups is 1. The summed E-state index contributed by atoms with van der Waals surface area (Å²) < 4.78 is 1.62. The number of nitrogens with zero attached hydrogens (tertiary/aromatic N) is 3. The topological polar surface area (TPSA) is 106 Å². The standard InChI is InChI=1S/C19H16ClN5O2/c1-10-15(17(21)27)16(11-5-7-14(26)8-6-11)25-19(22-10)23-18(24-25)12-3-2-4-13(20)9-12/h2-9,16,26H,1H3,(H2,21,27)(H,22,23,24)/t16-/m0/s1. The highest BCUT2D eigenvalue weighted by molar-refractivity contribution is 6.30. The van der Waals surface area contributed by atoms with Crippen LogP contribution in [0.1, 0.15) is 18.5 Å². The maximum atomic E-state index is 12.1. The number of fused-ring (bicyclic) bond motifs is 1. The lowest BCUT2D eigenvalue weighted by molar-refractivity contribution is -0.115. The quantitative estimate of drug-likeness (QED) is 0.646. The normalized spacial score (nSPS) is 16.0. The van der Waals surface area contributed by atoms with Gasteiger partial charge in [0, 0.05) is 16.3 Å². The number of aromatic nitrogens is 3. The maximum absolute atomic E-state index is 12.1. The number of hydrogen-bond donors (Lipinski definition) is 3. The van der Waals surface area contributed by atoms with Gasteiger partial charge in [0.1, 0.15) is 11.8 Å². The van der Waals surface area contributed by atoms with Crippen molar-refractivity contribution in [3.05, 3.63) is 70.4 Å². The summed E-state index contributed by atoms with van der Waals surface area (Å²) in [5, 5.41) is 17.9. The minimum Gasteiger partial charge on any atom is -0.508 e. The Morgan fingerprint density at radius 3 is 2.67 bits per heavy atom. The van der Waals surface area contributed by atoms with E-state index in [0.29, 0.717) is 28.1 Å². The Labute approximate surface area is 160 Å². The van der Waals surface area contributed by atoms with E-state index < -0.39 is 11.9 Å². The molecular weight excluding hydrogens is 366 g/mol. The first-order valence-corrected chi connectivity index (χ1v) is 8.61. The number of halogens is 1. The molecule has 1 aromatic heterocycles. The number of benzene rings is 2. The lowest BCUT2D eigenvalue weighted by atomic mass is 9.95. The summed E-state index contributed by atoms with van der Waals surface area (Å²) >= 11 is 6.08. The smallest absolute Gasteiger partial charge is 0.248 e. The molecular formula is C19H16ClN5O2. The molecule has 7 nitrogen and oxygen atoms in total. The van der Waals surface area contributed by atoms with Gasteiger partial charge in [-0.1, -0.05) is 35.9 Å². The number of anilines is 1. The molecule has 0 bridgehead atoms. The van der Waals surface area contributed by atoms with Crippen LogP contribution in [0.15, 0.2) is 59.8 Å². The van der Waals surface area contributed by atoms with Gasteiger partial charge in [-0.3, -0.25) is 4.79 Å². The van der Waals surface area contributed by atoms with Gasteiger partial charge in [-0.15, -0.1) is 5.10 Å². The first-order chi connectivity index (χ1) is 12.9. The summed E-state index contributed by atoms with van der Waals surface area (Å²) in [6, 6.07) is 13.2. The Hall–Kier alpha value is -3.32. The van der Waals surface area contributed by atoms with Gasteiger partial charge in [-0.25, -0.2) is 4.68 Å². The summed E-state index contributed by atoms with van der Waals surface area (Å²) in [4.78, 5) is 16.7. The van der Waals surface area contributed by atoms with E-state index in [0.717, 1.165) is 11.1 Å². The molecule has 0 unspecified atom stereocenters. The van der Waals surface area contributed by atoms with Crippen molar-refractivity contribution in [1.29, 1.82) is 0 Å². The SMILES string of the molecule is CC1=C(C(N)=O)[C@H](c2ccc(O)cc2)n2nc(-c3cccc(Cl)c3)nc2N1. The van der Waals surface area contributed by atoms with Crippen LogP contribution in [0, 0.1) is 0 Å². The van der Waals surface area contributed by atoms with Gasteiger partial charge < -0.3 is 16.2 Å². The van der Waals surface area contributed by atoms with Crippen LogP contribution in [0.4, 0.5) is 5.95 Å². The second kappa shape index (κ2) is 6.44. The van der Waals surface area contributed by atoms with Gasteiger partial charge in [-0.05, 0) is 36.8 Å². The van der Waals surface area contributed by atoms with Crippen LogP contribution in [0.25, 0.3) is 11.4 Å². The Bertz CT molecular complexity index is 1070. The molecule has 1 aliphatic rings. The summed E-state index contributed by atoms with van der Waals surface area (Å²) in [6.45, 7) is 1.77. The lowest BCUT2D eigenvalue weighted by Gasteiger charge is -2.27. The Morgan fingerprint density at radius 1 is 1.26 bits per heavy atom. The third-order valence-electron chi connectivity index (χ3n) is 4.41. The highest BCUT2D eigenvalue weighted by atomic mass is 35.5. The number of phenolic OH excluding ortho intramolecular Hbond substituents is 1. The molecule has 1 atom stereocenters. The summed E-state index contributed by atoms with van der Waals surface area (Å²) in [6.07, 6.45) is 0. The number of amides is 1. The van der Waals surface area contributed by atoms with Crippen LogP contribution in [0.3, 0.4) is 0 Å². The lowest BCUT2D eigenvalue weighted by Crippen LogP contribution is -2.31. The number of hydrogen-bond acceptors (Lipinski definition) is 5. The molecule has 8 heteroatoms. The number of carbonyl (C=O) groups is 1. The van der Waals surface area contributed by atoms with Crippen molar-refractivity contribution in [3.63, 3.8) is 0 Å². The van der Waals surface area contributed by atoms with E-state index in [1.807, 2.05) is 12.1 Å². The van der Waals surface area contributed by atoms with Crippen molar-refractivity contribution in [2.75, 3.05) is 5.32 Å². The Kier molecular flexibility index (Phi) is 4.08. The van der Waals surface area contributed by atoms with E-state index in [-0.39, 0.29) is 5.75 Å². The monoisotopic (exact) mass is 381 g/mol. The molecule has 0 fully saturated rings. The molecule has 1 amide bonds. The van der Waals surface area contributed by atoms with Crippen molar-refractivity contribution in [2.45, 2.75) is 13.0 Å². The molecule has 4 N–H and O–H groups in total. The zero-order valence-electron chi connectivity index (χ0n) is 14.3. The van der Waals surface area contributed by atoms with Crippen LogP contribution >= 0.6 is 11.6 Å². The number of rotatable bonds is 3. The molecule has 136 valence electrons. The zero-order chi connectivity index (χ0) is 19.1. The zero-order valence-corrected chi connectivity index (χ0v) is 15.1. The minimum absolute atomic E-state index is 0.132. The van der Waals surface area contributed by atoms with Crippen LogP contribution < -0.4 is 11.1 Å². The number of carbonyl (C=O) groups excluding carboxylic acids is 1. The second-order valence-corrected chi connectivity index (χ2v) is 6.67. The summed E-state index contributed by atoms with van der Waals surface area (Å²) in [5.74, 6) is 0.545. The molecule has 0 saturated carbocycles. The second-order valence-electron chi connectivity index (χ2n) is 6.24. The van der Waals surface area contributed by atoms with Crippen LogP contribution in [-0.4, -0.2) is 25.8 Å². The average Bonchev–Trinajstić information content (AvgIpc) is 3.04. The van der Waals surface area contributed by atoms with E-state index in [2.05, 4.69) is 15.4 Å². The fourth-order valence-corrected chi connectivity index (χ4v) is 3.38. The highest BCUT2D eigenvalue weighted by Crippen LogP contribution is 2.36. The van der Waals surface area contributed by atoms with Gasteiger partial charge in [0.15, 0.2) is 5.82 Å². The van der Waals surface area contributed by atoms with Gasteiger partial charge in [-0.2, -0.15) is 4.98 Å². The molecule has 0 radical (unpaired) electrons. The first kappa shape index (κ1) is 17.1. The van der Waals surface area contributed by atoms with Crippen LogP contribution in [-0.2, 0) is 4.79 Å². The van der Waals surface area contributed by atoms with Gasteiger partial charge in [0.05, 0.1) is 5.57 Å². The van der Waals surface area contributed by atoms with E-state index in [4.69, 9.17) is 17.3 Å². The number of allylic oxidation sites excluding steroid dienone is 1. The fourth-order valence-electron chi connectivity index (χ4n) is 3.18. The molecule has 2 aromatic carbocycles. The third-order valence-corrected chi connectivity index (χ3v) is 4.64. The molecule has 2 heterocycles. The van der Waals surface area contributed by atoms with E-state index >= 15 is 0 Å². The maximum Gasteiger partial charge on any atom is 0.248 e. The number of primary amides is 1. The third kappa shape index (κ3) is 3.02. The molecule has 4 rings (SSSR count). The number of nitrogens with one attached hydrogen (secondary N) is 1. The average molecular weight is 382 g/mol. The van der Waals surface area contributed by atoms with Crippen molar-refractivity contribution in [3.8, 4) is 17.1 Å².